The molecule has 1 aromatic heterocycles. The molecule has 3 rings (SSSR count). The molecule has 0 spiro atoms. The highest BCUT2D eigenvalue weighted by molar-refractivity contribution is 7.19. The molecule has 0 radical (unpaired) electrons. The van der Waals surface area contributed by atoms with Crippen LogP contribution < -0.4 is 5.32 Å². The van der Waals surface area contributed by atoms with Crippen molar-refractivity contribution < 1.29 is 14.3 Å². The molecule has 1 amide bonds. The van der Waals surface area contributed by atoms with Gasteiger partial charge in [-0.15, -0.1) is 11.3 Å². The van der Waals surface area contributed by atoms with Gasteiger partial charge in [-0.25, -0.2) is 9.78 Å². The summed E-state index contributed by atoms with van der Waals surface area (Å²) in [6.07, 6.45) is 1.92. The van der Waals surface area contributed by atoms with Crippen LogP contribution in [0.4, 0.5) is 5.69 Å². The minimum Gasteiger partial charge on any atom is -0.449 e. The Bertz CT molecular complexity index is 933. The molecule has 1 atom stereocenters. The van der Waals surface area contributed by atoms with Crippen molar-refractivity contribution in [1.82, 2.24) is 4.98 Å². The Labute approximate surface area is 159 Å². The Morgan fingerprint density at radius 1 is 1.19 bits per heavy atom. The van der Waals surface area contributed by atoms with E-state index < -0.39 is 18.0 Å². The van der Waals surface area contributed by atoms with Crippen LogP contribution in [-0.2, 0) is 14.3 Å². The summed E-state index contributed by atoms with van der Waals surface area (Å²) < 4.78 is 6.16. The number of aromatic nitrogens is 1. The first-order valence-corrected chi connectivity index (χ1v) is 9.01. The lowest BCUT2D eigenvalue weighted by Gasteiger charge is -2.12. The largest absolute Gasteiger partial charge is 0.449 e. The maximum absolute atomic E-state index is 12.1. The molecule has 0 unspecified atom stereocenters. The van der Waals surface area contributed by atoms with Crippen LogP contribution in [0.1, 0.15) is 11.9 Å². The van der Waals surface area contributed by atoms with Gasteiger partial charge < -0.3 is 10.1 Å². The molecule has 0 saturated carbocycles. The standard InChI is InChI=1S/C19H15ClN2O3S/c1-12(19(24)21-14-8-6-13(20)7-9-14)25-18(23)11-10-17-22-15-4-2-3-5-16(15)26-17/h2-12H,1H3,(H,21,24)/b11-10+/t12-/m1/s1. The summed E-state index contributed by atoms with van der Waals surface area (Å²) in [4.78, 5) is 28.4. The van der Waals surface area contributed by atoms with Gasteiger partial charge in [-0.3, -0.25) is 4.79 Å². The van der Waals surface area contributed by atoms with E-state index in [0.717, 1.165) is 10.2 Å². The molecule has 26 heavy (non-hydrogen) atoms. The third-order valence-electron chi connectivity index (χ3n) is 3.45. The van der Waals surface area contributed by atoms with E-state index in [1.165, 1.54) is 24.3 Å². The number of fused-ring (bicyclic) bond motifs is 1. The highest BCUT2D eigenvalue weighted by Crippen LogP contribution is 2.22. The van der Waals surface area contributed by atoms with Crippen LogP contribution in [0.5, 0.6) is 0 Å². The maximum atomic E-state index is 12.1. The van der Waals surface area contributed by atoms with Gasteiger partial charge in [-0.1, -0.05) is 23.7 Å². The van der Waals surface area contributed by atoms with Gasteiger partial charge in [0.2, 0.25) is 0 Å². The van der Waals surface area contributed by atoms with Crippen LogP contribution in [0.15, 0.2) is 54.6 Å². The van der Waals surface area contributed by atoms with E-state index in [0.29, 0.717) is 15.7 Å². The zero-order valence-corrected chi connectivity index (χ0v) is 15.4. The Morgan fingerprint density at radius 2 is 1.92 bits per heavy atom. The first kappa shape index (κ1) is 18.1. The monoisotopic (exact) mass is 386 g/mol. The number of amides is 1. The normalized spacial score (nSPS) is 12.2. The smallest absolute Gasteiger partial charge is 0.331 e. The van der Waals surface area contributed by atoms with Crippen LogP contribution >= 0.6 is 22.9 Å². The molecule has 1 N–H and O–H groups in total. The highest BCUT2D eigenvalue weighted by Gasteiger charge is 2.16. The van der Waals surface area contributed by atoms with E-state index in [1.54, 1.807) is 30.3 Å². The number of thiazole rings is 1. The average molecular weight is 387 g/mol. The number of benzene rings is 2. The second-order valence-electron chi connectivity index (χ2n) is 5.43. The molecule has 7 heteroatoms. The molecule has 0 bridgehead atoms. The van der Waals surface area contributed by atoms with Crippen molar-refractivity contribution in [2.24, 2.45) is 0 Å². The summed E-state index contributed by atoms with van der Waals surface area (Å²) >= 11 is 7.27. The molecule has 132 valence electrons. The molecule has 0 saturated heterocycles. The molecule has 1 heterocycles. The number of ether oxygens (including phenoxy) is 1. The Balaban J connectivity index is 1.56. The van der Waals surface area contributed by atoms with Gasteiger partial charge in [0.05, 0.1) is 10.2 Å². The molecular weight excluding hydrogens is 372 g/mol. The minimum absolute atomic E-state index is 0.422. The predicted octanol–water partition coefficient (Wildman–Crippen LogP) is 4.53. The van der Waals surface area contributed by atoms with Gasteiger partial charge in [0.15, 0.2) is 6.10 Å². The summed E-state index contributed by atoms with van der Waals surface area (Å²) in [5.41, 5.74) is 1.45. The number of carbonyl (C=O) groups is 2. The lowest BCUT2D eigenvalue weighted by molar-refractivity contribution is -0.148. The molecule has 3 aromatic rings. The SMILES string of the molecule is C[C@@H](OC(=O)/C=C/c1nc2ccccc2s1)C(=O)Nc1ccc(Cl)cc1. The van der Waals surface area contributed by atoms with Crippen molar-refractivity contribution in [2.45, 2.75) is 13.0 Å². The lowest BCUT2D eigenvalue weighted by Crippen LogP contribution is -2.29. The number of nitrogens with zero attached hydrogens (tertiary/aromatic N) is 1. The van der Waals surface area contributed by atoms with Crippen LogP contribution in [0.3, 0.4) is 0 Å². The fourth-order valence-corrected chi connectivity index (χ4v) is 3.14. The van der Waals surface area contributed by atoms with Crippen molar-refractivity contribution in [3.8, 4) is 0 Å². The first-order valence-electron chi connectivity index (χ1n) is 7.82. The van der Waals surface area contributed by atoms with Crippen molar-refractivity contribution in [1.29, 1.82) is 0 Å². The molecule has 0 aliphatic rings. The molecule has 0 fully saturated rings. The van der Waals surface area contributed by atoms with Crippen LogP contribution in [0.25, 0.3) is 16.3 Å². The van der Waals surface area contributed by atoms with E-state index in [1.807, 2.05) is 24.3 Å². The third kappa shape index (κ3) is 4.68. The lowest BCUT2D eigenvalue weighted by atomic mass is 10.3. The number of para-hydroxylation sites is 1. The second kappa shape index (κ2) is 8.12. The summed E-state index contributed by atoms with van der Waals surface area (Å²) in [6, 6.07) is 14.4. The number of esters is 1. The summed E-state index contributed by atoms with van der Waals surface area (Å²) in [5, 5.41) is 3.92. The molecule has 0 aliphatic heterocycles. The van der Waals surface area contributed by atoms with Gasteiger partial charge in [0, 0.05) is 16.8 Å². The number of rotatable bonds is 5. The first-order chi connectivity index (χ1) is 12.5. The number of anilines is 1. The minimum atomic E-state index is -0.932. The number of carbonyl (C=O) groups excluding carboxylic acids is 2. The van der Waals surface area contributed by atoms with Crippen LogP contribution in [0.2, 0.25) is 5.02 Å². The average Bonchev–Trinajstić information content (AvgIpc) is 3.05. The van der Waals surface area contributed by atoms with Gasteiger partial charge in [0.25, 0.3) is 5.91 Å². The van der Waals surface area contributed by atoms with E-state index in [-0.39, 0.29) is 0 Å². The van der Waals surface area contributed by atoms with Gasteiger partial charge in [-0.2, -0.15) is 0 Å². The van der Waals surface area contributed by atoms with E-state index >= 15 is 0 Å². The Morgan fingerprint density at radius 3 is 2.65 bits per heavy atom. The van der Waals surface area contributed by atoms with E-state index in [9.17, 15) is 9.59 Å². The topological polar surface area (TPSA) is 68.3 Å². The van der Waals surface area contributed by atoms with E-state index in [4.69, 9.17) is 16.3 Å². The van der Waals surface area contributed by atoms with Crippen molar-refractivity contribution in [3.63, 3.8) is 0 Å². The highest BCUT2D eigenvalue weighted by atomic mass is 35.5. The molecular formula is C19H15ClN2O3S. The van der Waals surface area contributed by atoms with Gasteiger partial charge in [0.1, 0.15) is 5.01 Å². The fourth-order valence-electron chi connectivity index (χ4n) is 2.14. The number of hydrogen-bond acceptors (Lipinski definition) is 5. The second-order valence-corrected chi connectivity index (χ2v) is 6.93. The van der Waals surface area contributed by atoms with Gasteiger partial charge >= 0.3 is 5.97 Å². The van der Waals surface area contributed by atoms with Crippen LogP contribution in [-0.4, -0.2) is 23.0 Å². The van der Waals surface area contributed by atoms with Crippen molar-refractivity contribution >= 4 is 56.8 Å². The zero-order valence-electron chi connectivity index (χ0n) is 13.8. The third-order valence-corrected chi connectivity index (χ3v) is 4.70. The Hall–Kier alpha value is -2.70. The van der Waals surface area contributed by atoms with E-state index in [2.05, 4.69) is 10.3 Å². The predicted molar refractivity (Wildman–Crippen MR) is 104 cm³/mol. The quantitative estimate of drug-likeness (QED) is 0.516. The molecule has 0 aliphatic carbocycles. The summed E-state index contributed by atoms with van der Waals surface area (Å²) in [7, 11) is 0. The fraction of sp³-hybridized carbons (Fsp3) is 0.105. The molecule has 2 aromatic carbocycles. The summed E-state index contributed by atoms with van der Waals surface area (Å²) in [5.74, 6) is -1.03. The number of halogens is 1. The molecule has 5 nitrogen and oxygen atoms in total. The number of hydrogen-bond donors (Lipinski definition) is 1. The van der Waals surface area contributed by atoms with Crippen molar-refractivity contribution in [3.05, 3.63) is 64.6 Å². The maximum Gasteiger partial charge on any atom is 0.331 e. The summed E-state index contributed by atoms with van der Waals surface area (Å²) in [6.45, 7) is 1.51. The Kier molecular flexibility index (Phi) is 5.65. The van der Waals surface area contributed by atoms with Gasteiger partial charge in [-0.05, 0) is 49.4 Å². The number of nitrogens with one attached hydrogen (secondary N) is 1. The zero-order chi connectivity index (χ0) is 18.5. The van der Waals surface area contributed by atoms with Crippen LogP contribution in [0, 0.1) is 0 Å². The van der Waals surface area contributed by atoms with Crippen molar-refractivity contribution in [2.75, 3.05) is 5.32 Å².